The van der Waals surface area contributed by atoms with Crippen molar-refractivity contribution in [2.45, 2.75) is 116 Å². The van der Waals surface area contributed by atoms with Gasteiger partial charge < -0.3 is 9.84 Å². The maximum Gasteiger partial charge on any atom is 0.111 e. The smallest absolute Gasteiger partial charge is 0.111 e. The summed E-state index contributed by atoms with van der Waals surface area (Å²) in [5.74, 6) is 0.275. The normalized spacial score (nSPS) is 26.7. The molecule has 2 heterocycles. The van der Waals surface area contributed by atoms with Crippen LogP contribution in [0.15, 0.2) is 24.3 Å². The number of nitrogens with zero attached hydrogens (tertiary/aromatic N) is 2. The van der Waals surface area contributed by atoms with E-state index in [0.717, 1.165) is 79.4 Å². The van der Waals surface area contributed by atoms with Crippen molar-refractivity contribution in [3.8, 4) is 6.07 Å². The van der Waals surface area contributed by atoms with Gasteiger partial charge in [0.15, 0.2) is 0 Å². The Morgan fingerprint density at radius 2 is 1.71 bits per heavy atom. The molecular formula is C31H40N2O2. The molecule has 6 rings (SSSR count). The zero-order valence-corrected chi connectivity index (χ0v) is 20.9. The van der Waals surface area contributed by atoms with Crippen LogP contribution < -0.4 is 0 Å². The van der Waals surface area contributed by atoms with Gasteiger partial charge in [0.2, 0.25) is 0 Å². The van der Waals surface area contributed by atoms with Crippen LogP contribution in [0.2, 0.25) is 0 Å². The Morgan fingerprint density at radius 3 is 2.29 bits per heavy atom. The van der Waals surface area contributed by atoms with Crippen molar-refractivity contribution in [2.24, 2.45) is 5.41 Å². The van der Waals surface area contributed by atoms with Gasteiger partial charge in [0.25, 0.3) is 0 Å². The van der Waals surface area contributed by atoms with Gasteiger partial charge in [-0.15, -0.1) is 0 Å². The Bertz CT molecular complexity index is 1180. The Balaban J connectivity index is 0.00000253. The van der Waals surface area contributed by atoms with Gasteiger partial charge in [-0.05, 0) is 66.5 Å². The van der Waals surface area contributed by atoms with Crippen molar-refractivity contribution in [1.29, 1.82) is 5.26 Å². The van der Waals surface area contributed by atoms with Gasteiger partial charge in [0, 0.05) is 22.5 Å². The molecule has 2 fully saturated rings. The molecule has 1 aliphatic heterocycles. The lowest BCUT2D eigenvalue weighted by molar-refractivity contribution is -0.0580. The molecule has 1 spiro atoms. The minimum atomic E-state index is -0.492. The second kappa shape index (κ2) is 8.15. The zero-order chi connectivity index (χ0) is 23.9. The number of hydrogen-bond donors (Lipinski definition) is 1. The van der Waals surface area contributed by atoms with Crippen molar-refractivity contribution in [1.82, 2.24) is 4.98 Å². The standard InChI is InChI=1S/C30H36N2O2.CH4/c1-18(2)26-24-25(23-21(32-26)15-28(3,4)16-22(23)33)30(11-5-6-12-30)34-27(24)19-7-9-20(10-8-19)29(17-31)13-14-29;/h7-10,18,22,27,33H,5-6,11-16H2,1-4H3;1H4/t22-,27+;/m0./s1. The minimum Gasteiger partial charge on any atom is -0.388 e. The molecule has 35 heavy (non-hydrogen) atoms. The number of pyridine rings is 1. The first-order valence-corrected chi connectivity index (χ1v) is 13.1. The summed E-state index contributed by atoms with van der Waals surface area (Å²) in [7, 11) is 0. The number of aliphatic hydroxyl groups excluding tert-OH is 1. The van der Waals surface area contributed by atoms with Gasteiger partial charge in [0.05, 0.1) is 23.2 Å². The lowest BCUT2D eigenvalue weighted by Crippen LogP contribution is -2.32. The number of hydrogen-bond acceptors (Lipinski definition) is 4. The van der Waals surface area contributed by atoms with E-state index >= 15 is 0 Å². The topological polar surface area (TPSA) is 66.1 Å². The molecule has 0 radical (unpaired) electrons. The lowest BCUT2D eigenvalue weighted by Gasteiger charge is -2.38. The van der Waals surface area contributed by atoms with Crippen LogP contribution in [-0.4, -0.2) is 10.1 Å². The monoisotopic (exact) mass is 472 g/mol. The summed E-state index contributed by atoms with van der Waals surface area (Å²) >= 11 is 0. The van der Waals surface area contributed by atoms with Gasteiger partial charge >= 0.3 is 0 Å². The molecule has 0 saturated heterocycles. The predicted molar refractivity (Wildman–Crippen MR) is 138 cm³/mol. The average molecular weight is 473 g/mol. The van der Waals surface area contributed by atoms with Crippen LogP contribution in [0.25, 0.3) is 0 Å². The molecule has 0 bridgehead atoms. The first kappa shape index (κ1) is 24.5. The van der Waals surface area contributed by atoms with E-state index in [1.54, 1.807) is 0 Å². The van der Waals surface area contributed by atoms with Crippen molar-refractivity contribution < 1.29 is 9.84 Å². The molecule has 2 saturated carbocycles. The highest BCUT2D eigenvalue weighted by atomic mass is 16.5. The molecule has 2 aromatic rings. The molecule has 1 aromatic heterocycles. The number of benzene rings is 1. The predicted octanol–water partition coefficient (Wildman–Crippen LogP) is 7.29. The van der Waals surface area contributed by atoms with E-state index in [1.165, 1.54) is 11.1 Å². The Hall–Kier alpha value is -2.22. The van der Waals surface area contributed by atoms with E-state index in [1.807, 2.05) is 0 Å². The molecule has 4 aliphatic rings. The second-order valence-corrected chi connectivity index (χ2v) is 12.4. The summed E-state index contributed by atoms with van der Waals surface area (Å²) in [5.41, 5.74) is 7.47. The summed E-state index contributed by atoms with van der Waals surface area (Å²) < 4.78 is 7.07. The molecule has 4 nitrogen and oxygen atoms in total. The average Bonchev–Trinajstić information content (AvgIpc) is 3.34. The van der Waals surface area contributed by atoms with Gasteiger partial charge in [-0.3, -0.25) is 4.98 Å². The van der Waals surface area contributed by atoms with E-state index in [4.69, 9.17) is 9.72 Å². The van der Waals surface area contributed by atoms with Gasteiger partial charge in [0.1, 0.15) is 6.10 Å². The fourth-order valence-corrected chi connectivity index (χ4v) is 6.98. The van der Waals surface area contributed by atoms with Gasteiger partial charge in [-0.25, -0.2) is 0 Å². The third kappa shape index (κ3) is 3.66. The molecule has 2 atom stereocenters. The van der Waals surface area contributed by atoms with Crippen molar-refractivity contribution in [3.63, 3.8) is 0 Å². The molecule has 0 unspecified atom stereocenters. The van der Waals surface area contributed by atoms with Crippen LogP contribution in [0.4, 0.5) is 0 Å². The maximum atomic E-state index is 11.4. The number of aromatic nitrogens is 1. The van der Waals surface area contributed by atoms with Gasteiger partial charge in [-0.1, -0.05) is 72.2 Å². The largest absolute Gasteiger partial charge is 0.388 e. The second-order valence-electron chi connectivity index (χ2n) is 12.4. The molecule has 4 heteroatoms. The van der Waals surface area contributed by atoms with Crippen LogP contribution in [0.5, 0.6) is 0 Å². The number of rotatable bonds is 3. The molecule has 3 aliphatic carbocycles. The van der Waals surface area contributed by atoms with E-state index in [-0.39, 0.29) is 35.9 Å². The quantitative estimate of drug-likeness (QED) is 0.509. The summed E-state index contributed by atoms with van der Waals surface area (Å²) in [6.07, 6.45) is 7.25. The number of nitriles is 1. The Morgan fingerprint density at radius 1 is 1.06 bits per heavy atom. The Kier molecular flexibility index (Phi) is 5.70. The molecule has 1 N–H and O–H groups in total. The molecular weight excluding hydrogens is 432 g/mol. The number of ether oxygens (including phenoxy) is 1. The Labute approximate surface area is 210 Å². The first-order valence-electron chi connectivity index (χ1n) is 13.1. The van der Waals surface area contributed by atoms with E-state index < -0.39 is 6.10 Å². The summed E-state index contributed by atoms with van der Waals surface area (Å²) in [6, 6.07) is 11.1. The summed E-state index contributed by atoms with van der Waals surface area (Å²) in [4.78, 5) is 5.26. The highest BCUT2D eigenvalue weighted by Crippen LogP contribution is 2.59. The summed E-state index contributed by atoms with van der Waals surface area (Å²) in [5, 5.41) is 21.1. The van der Waals surface area contributed by atoms with Crippen molar-refractivity contribution in [3.05, 3.63) is 63.5 Å². The summed E-state index contributed by atoms with van der Waals surface area (Å²) in [6.45, 7) is 8.93. The van der Waals surface area contributed by atoms with Crippen LogP contribution in [-0.2, 0) is 22.2 Å². The lowest BCUT2D eigenvalue weighted by atomic mass is 9.70. The third-order valence-electron chi connectivity index (χ3n) is 8.86. The maximum absolute atomic E-state index is 11.4. The number of fused-ring (bicyclic) bond motifs is 4. The van der Waals surface area contributed by atoms with E-state index in [0.29, 0.717) is 0 Å². The van der Waals surface area contributed by atoms with Crippen LogP contribution in [0.3, 0.4) is 0 Å². The van der Waals surface area contributed by atoms with Crippen LogP contribution >= 0.6 is 0 Å². The fourth-order valence-electron chi connectivity index (χ4n) is 6.98. The zero-order valence-electron chi connectivity index (χ0n) is 20.9. The van der Waals surface area contributed by atoms with Crippen LogP contribution in [0, 0.1) is 16.7 Å². The third-order valence-corrected chi connectivity index (χ3v) is 8.86. The van der Waals surface area contributed by atoms with Crippen molar-refractivity contribution >= 4 is 0 Å². The molecule has 186 valence electrons. The number of aliphatic hydroxyl groups is 1. The highest BCUT2D eigenvalue weighted by Gasteiger charge is 2.53. The SMILES string of the molecule is C.CC(C)c1nc2c(c3c1[C@@H](c1ccc(C4(C#N)CC4)cc1)OC31CCCC1)[C@@H](O)CC(C)(C)C2. The first-order chi connectivity index (χ1) is 16.2. The van der Waals surface area contributed by atoms with Gasteiger partial charge in [-0.2, -0.15) is 5.26 Å². The van der Waals surface area contributed by atoms with E-state index in [9.17, 15) is 10.4 Å². The van der Waals surface area contributed by atoms with E-state index in [2.05, 4.69) is 58.0 Å². The minimum absolute atomic E-state index is 0. The molecule has 1 aromatic carbocycles. The fraction of sp³-hybridized carbons (Fsp3) is 0.613. The highest BCUT2D eigenvalue weighted by molar-refractivity contribution is 5.55. The van der Waals surface area contributed by atoms with Crippen molar-refractivity contribution in [2.75, 3.05) is 0 Å². The molecule has 0 amide bonds. The van der Waals surface area contributed by atoms with Crippen LogP contribution in [0.1, 0.15) is 137 Å².